The van der Waals surface area contributed by atoms with Gasteiger partial charge in [-0.05, 0) is 35.4 Å². The molecule has 0 radical (unpaired) electrons. The second kappa shape index (κ2) is 6.62. The van der Waals surface area contributed by atoms with Crippen LogP contribution in [-0.4, -0.2) is 4.92 Å². The van der Waals surface area contributed by atoms with E-state index < -0.39 is 22.3 Å². The number of hydrogen-bond donors (Lipinski definition) is 0. The Labute approximate surface area is 127 Å². The first kappa shape index (κ1) is 15.4. The summed E-state index contributed by atoms with van der Waals surface area (Å²) in [5, 5.41) is 10.8. The molecule has 0 amide bonds. The largest absolute Gasteiger partial charge is 0.483 e. The van der Waals surface area contributed by atoms with Crippen LogP contribution in [0.4, 0.5) is 14.5 Å². The van der Waals surface area contributed by atoms with Gasteiger partial charge in [-0.15, -0.1) is 0 Å². The molecule has 0 fully saturated rings. The number of alkyl halides is 1. The van der Waals surface area contributed by atoms with E-state index in [0.717, 1.165) is 0 Å². The molecule has 0 bridgehead atoms. The standard InChI is InChI=1S/C14H10BrF2NO3/c15-7-10-5-12(16)14(13(17)6-10)21-8-9-1-3-11(4-2-9)18(19)20/h1-6H,7-8H2. The highest BCUT2D eigenvalue weighted by molar-refractivity contribution is 9.08. The van der Waals surface area contributed by atoms with Crippen LogP contribution in [0.5, 0.6) is 5.75 Å². The van der Waals surface area contributed by atoms with E-state index in [1.165, 1.54) is 36.4 Å². The van der Waals surface area contributed by atoms with Gasteiger partial charge < -0.3 is 4.74 Å². The van der Waals surface area contributed by atoms with Gasteiger partial charge in [-0.1, -0.05) is 15.9 Å². The Kier molecular flexibility index (Phi) is 4.85. The normalized spacial score (nSPS) is 10.4. The number of ether oxygens (including phenoxy) is 1. The third-order valence-electron chi connectivity index (χ3n) is 2.74. The van der Waals surface area contributed by atoms with E-state index >= 15 is 0 Å². The first-order chi connectivity index (χ1) is 10.0. The van der Waals surface area contributed by atoms with Crippen molar-refractivity contribution in [1.29, 1.82) is 0 Å². The van der Waals surface area contributed by atoms with E-state index in [-0.39, 0.29) is 12.3 Å². The van der Waals surface area contributed by atoms with Crippen LogP contribution in [0.3, 0.4) is 0 Å². The van der Waals surface area contributed by atoms with E-state index in [2.05, 4.69) is 15.9 Å². The fourth-order valence-electron chi connectivity index (χ4n) is 1.70. The van der Waals surface area contributed by atoms with Crippen LogP contribution in [0.15, 0.2) is 36.4 Å². The zero-order valence-electron chi connectivity index (χ0n) is 10.7. The molecule has 0 aliphatic carbocycles. The highest BCUT2D eigenvalue weighted by atomic mass is 79.9. The SMILES string of the molecule is O=[N+]([O-])c1ccc(COc2c(F)cc(CBr)cc2F)cc1. The smallest absolute Gasteiger partial charge is 0.269 e. The number of nitro groups is 1. The summed E-state index contributed by atoms with van der Waals surface area (Å²) in [6.07, 6.45) is 0. The summed E-state index contributed by atoms with van der Waals surface area (Å²) in [5.74, 6) is -2.03. The molecule has 0 unspecified atom stereocenters. The first-order valence-electron chi connectivity index (χ1n) is 5.91. The Morgan fingerprint density at radius 3 is 2.14 bits per heavy atom. The molecule has 2 aromatic carbocycles. The molecule has 0 atom stereocenters. The van der Waals surface area contributed by atoms with Crippen LogP contribution in [0.2, 0.25) is 0 Å². The lowest BCUT2D eigenvalue weighted by molar-refractivity contribution is -0.384. The molecule has 2 aromatic rings. The van der Waals surface area contributed by atoms with Gasteiger partial charge in [-0.25, -0.2) is 8.78 Å². The van der Waals surface area contributed by atoms with Crippen LogP contribution in [0.25, 0.3) is 0 Å². The van der Waals surface area contributed by atoms with Crippen molar-refractivity contribution in [2.75, 3.05) is 0 Å². The Morgan fingerprint density at radius 2 is 1.67 bits per heavy atom. The minimum atomic E-state index is -0.786. The number of halogens is 3. The Balaban J connectivity index is 2.11. The van der Waals surface area contributed by atoms with E-state index in [4.69, 9.17) is 4.74 Å². The summed E-state index contributed by atoms with van der Waals surface area (Å²) in [6, 6.07) is 7.92. The number of nitrogens with zero attached hydrogens (tertiary/aromatic N) is 1. The number of rotatable bonds is 5. The first-order valence-corrected chi connectivity index (χ1v) is 7.03. The molecule has 0 heterocycles. The van der Waals surface area contributed by atoms with Crippen molar-refractivity contribution in [1.82, 2.24) is 0 Å². The van der Waals surface area contributed by atoms with Crippen molar-refractivity contribution in [2.45, 2.75) is 11.9 Å². The van der Waals surface area contributed by atoms with Gasteiger partial charge in [0.1, 0.15) is 6.61 Å². The zero-order chi connectivity index (χ0) is 15.4. The molecule has 0 aromatic heterocycles. The summed E-state index contributed by atoms with van der Waals surface area (Å²) < 4.78 is 32.5. The summed E-state index contributed by atoms with van der Waals surface area (Å²) in [7, 11) is 0. The van der Waals surface area contributed by atoms with Gasteiger partial charge in [0.25, 0.3) is 5.69 Å². The lowest BCUT2D eigenvalue weighted by atomic mass is 10.2. The average molecular weight is 358 g/mol. The average Bonchev–Trinajstić information content (AvgIpc) is 2.46. The van der Waals surface area contributed by atoms with E-state index in [0.29, 0.717) is 16.5 Å². The monoisotopic (exact) mass is 357 g/mol. The number of non-ortho nitro benzene ring substituents is 1. The lowest BCUT2D eigenvalue weighted by Gasteiger charge is -2.09. The third-order valence-corrected chi connectivity index (χ3v) is 3.39. The number of hydrogen-bond acceptors (Lipinski definition) is 3. The van der Waals surface area contributed by atoms with Gasteiger partial charge in [0.15, 0.2) is 17.4 Å². The highest BCUT2D eigenvalue weighted by Gasteiger charge is 2.13. The van der Waals surface area contributed by atoms with Crippen LogP contribution in [0, 0.1) is 21.7 Å². The molecule has 0 aliphatic heterocycles. The summed E-state index contributed by atoms with van der Waals surface area (Å²) in [5.41, 5.74) is 0.981. The Hall–Kier alpha value is -2.02. The maximum Gasteiger partial charge on any atom is 0.269 e. The second-order valence-electron chi connectivity index (χ2n) is 4.23. The maximum atomic E-state index is 13.7. The lowest BCUT2D eigenvalue weighted by Crippen LogP contribution is -2.01. The van der Waals surface area contributed by atoms with E-state index in [9.17, 15) is 18.9 Å². The number of nitro benzene ring substituents is 1. The van der Waals surface area contributed by atoms with E-state index in [1.54, 1.807) is 0 Å². The maximum absolute atomic E-state index is 13.7. The minimum absolute atomic E-state index is 0.0576. The van der Waals surface area contributed by atoms with Crippen LogP contribution >= 0.6 is 15.9 Å². The van der Waals surface area contributed by atoms with Gasteiger partial charge in [0, 0.05) is 17.5 Å². The van der Waals surface area contributed by atoms with Crippen molar-refractivity contribution in [3.63, 3.8) is 0 Å². The molecule has 0 saturated heterocycles. The predicted octanol–water partition coefficient (Wildman–Crippen LogP) is 4.35. The summed E-state index contributed by atoms with van der Waals surface area (Å²) in [6.45, 7) is -0.0838. The fraction of sp³-hybridized carbons (Fsp3) is 0.143. The molecular weight excluding hydrogens is 348 g/mol. The van der Waals surface area contributed by atoms with Crippen molar-refractivity contribution in [3.05, 3.63) is 69.3 Å². The van der Waals surface area contributed by atoms with Gasteiger partial charge in [0.05, 0.1) is 4.92 Å². The van der Waals surface area contributed by atoms with Crippen molar-refractivity contribution < 1.29 is 18.4 Å². The van der Waals surface area contributed by atoms with Crippen molar-refractivity contribution in [3.8, 4) is 5.75 Å². The molecule has 4 nitrogen and oxygen atoms in total. The van der Waals surface area contributed by atoms with Crippen LogP contribution in [-0.2, 0) is 11.9 Å². The molecule has 0 saturated carbocycles. The molecule has 0 spiro atoms. The Bertz CT molecular complexity index is 639. The topological polar surface area (TPSA) is 52.4 Å². The minimum Gasteiger partial charge on any atom is -0.483 e. The summed E-state index contributed by atoms with van der Waals surface area (Å²) in [4.78, 5) is 9.99. The van der Waals surface area contributed by atoms with Crippen LogP contribution < -0.4 is 4.74 Å². The summed E-state index contributed by atoms with van der Waals surface area (Å²) >= 11 is 3.12. The van der Waals surface area contributed by atoms with Gasteiger partial charge in [-0.2, -0.15) is 0 Å². The quantitative estimate of drug-likeness (QED) is 0.454. The van der Waals surface area contributed by atoms with Crippen LogP contribution in [0.1, 0.15) is 11.1 Å². The molecule has 110 valence electrons. The van der Waals surface area contributed by atoms with Gasteiger partial charge >= 0.3 is 0 Å². The molecule has 7 heteroatoms. The zero-order valence-corrected chi connectivity index (χ0v) is 12.3. The molecule has 0 aliphatic rings. The van der Waals surface area contributed by atoms with Gasteiger partial charge in [-0.3, -0.25) is 10.1 Å². The predicted molar refractivity (Wildman–Crippen MR) is 76.4 cm³/mol. The highest BCUT2D eigenvalue weighted by Crippen LogP contribution is 2.25. The second-order valence-corrected chi connectivity index (χ2v) is 4.80. The fourth-order valence-corrected chi connectivity index (χ4v) is 2.02. The van der Waals surface area contributed by atoms with Crippen molar-refractivity contribution in [2.24, 2.45) is 0 Å². The number of benzene rings is 2. The molecule has 21 heavy (non-hydrogen) atoms. The van der Waals surface area contributed by atoms with Crippen molar-refractivity contribution >= 4 is 21.6 Å². The molecule has 2 rings (SSSR count). The molecular formula is C14H10BrF2NO3. The Morgan fingerprint density at radius 1 is 1.10 bits per heavy atom. The third kappa shape index (κ3) is 3.75. The van der Waals surface area contributed by atoms with E-state index in [1.807, 2.05) is 0 Å². The van der Waals surface area contributed by atoms with Gasteiger partial charge in [0.2, 0.25) is 0 Å². The molecule has 0 N–H and O–H groups in total.